The fourth-order valence-corrected chi connectivity index (χ4v) is 3.56. The van der Waals surface area contributed by atoms with Crippen LogP contribution in [0.2, 0.25) is 0 Å². The number of aromatic nitrogens is 2. The van der Waals surface area contributed by atoms with Gasteiger partial charge in [-0.25, -0.2) is 13.1 Å². The molecule has 0 fully saturated rings. The first-order valence-electron chi connectivity index (χ1n) is 7.52. The molecule has 1 aliphatic rings. The number of hydrogen-bond acceptors (Lipinski definition) is 4. The minimum atomic E-state index is -3.58. The van der Waals surface area contributed by atoms with E-state index in [4.69, 9.17) is 0 Å². The number of sulfonamides is 1. The highest BCUT2D eigenvalue weighted by molar-refractivity contribution is 7.89. The minimum absolute atomic E-state index is 0.111. The molecule has 0 atom stereocenters. The summed E-state index contributed by atoms with van der Waals surface area (Å²) in [4.78, 5) is 12.4. The predicted octanol–water partition coefficient (Wildman–Crippen LogP) is 1.96. The van der Waals surface area contributed by atoms with Gasteiger partial charge in [0, 0.05) is 22.2 Å². The number of carbonyl (C=O) groups excluding carboxylic acids is 1. The lowest BCUT2D eigenvalue weighted by Gasteiger charge is -2.05. The number of anilines is 1. The van der Waals surface area contributed by atoms with Crippen LogP contribution in [-0.4, -0.2) is 31.6 Å². The van der Waals surface area contributed by atoms with E-state index in [-0.39, 0.29) is 10.8 Å². The Morgan fingerprint density at radius 1 is 1.16 bits per heavy atom. The number of fused-ring (bicyclic) bond motifs is 2. The Hall–Kier alpha value is -2.97. The van der Waals surface area contributed by atoms with E-state index in [1.54, 1.807) is 18.3 Å². The van der Waals surface area contributed by atoms with Gasteiger partial charge >= 0.3 is 0 Å². The lowest BCUT2D eigenvalue weighted by atomic mass is 10.0. The zero-order valence-electron chi connectivity index (χ0n) is 13.2. The van der Waals surface area contributed by atoms with Crippen molar-refractivity contribution in [3.8, 4) is 0 Å². The molecule has 4 rings (SSSR count). The lowest BCUT2D eigenvalue weighted by Crippen LogP contribution is -2.18. The summed E-state index contributed by atoms with van der Waals surface area (Å²) >= 11 is 0. The molecule has 0 saturated carbocycles. The molecule has 3 N–H and O–H groups in total. The first-order valence-corrected chi connectivity index (χ1v) is 9.00. The number of H-pyrrole nitrogens is 1. The average Bonchev–Trinajstić information content (AvgIpc) is 3.19. The van der Waals surface area contributed by atoms with Crippen LogP contribution in [0.1, 0.15) is 11.1 Å². The third kappa shape index (κ3) is 2.61. The summed E-state index contributed by atoms with van der Waals surface area (Å²) < 4.78 is 26.3. The second kappa shape index (κ2) is 5.54. The topological polar surface area (TPSA) is 104 Å². The van der Waals surface area contributed by atoms with Gasteiger partial charge in [0.15, 0.2) is 0 Å². The van der Waals surface area contributed by atoms with Gasteiger partial charge < -0.3 is 5.32 Å². The van der Waals surface area contributed by atoms with E-state index in [0.29, 0.717) is 16.8 Å². The van der Waals surface area contributed by atoms with E-state index in [9.17, 15) is 13.2 Å². The van der Waals surface area contributed by atoms with E-state index >= 15 is 0 Å². The molecule has 1 amide bonds. The van der Waals surface area contributed by atoms with Gasteiger partial charge in [-0.15, -0.1) is 0 Å². The molecular formula is C17H14N4O3S. The third-order valence-corrected chi connectivity index (χ3v) is 5.54. The number of nitrogens with zero attached hydrogens (tertiary/aromatic N) is 1. The zero-order chi connectivity index (χ0) is 17.6. The second-order valence-electron chi connectivity index (χ2n) is 5.64. The number of carbonyl (C=O) groups is 1. The summed E-state index contributed by atoms with van der Waals surface area (Å²) in [6.07, 6.45) is 3.45. The average molecular weight is 354 g/mol. The second-order valence-corrected chi connectivity index (χ2v) is 7.53. The van der Waals surface area contributed by atoms with Crippen molar-refractivity contribution in [1.82, 2.24) is 14.9 Å². The maximum atomic E-state index is 12.3. The van der Waals surface area contributed by atoms with Crippen LogP contribution in [0, 0.1) is 0 Å². The Bertz CT molecular complexity index is 1150. The van der Waals surface area contributed by atoms with Crippen molar-refractivity contribution in [3.05, 3.63) is 53.7 Å². The molecule has 0 saturated heterocycles. The quantitative estimate of drug-likeness (QED) is 0.626. The van der Waals surface area contributed by atoms with Crippen LogP contribution in [0.15, 0.2) is 47.5 Å². The summed E-state index contributed by atoms with van der Waals surface area (Å²) in [5.41, 5.74) is 3.25. The number of rotatable bonds is 3. The number of aromatic amines is 1. The zero-order valence-corrected chi connectivity index (χ0v) is 14.0. The number of benzene rings is 2. The molecule has 7 nitrogen and oxygen atoms in total. The Morgan fingerprint density at radius 2 is 2.00 bits per heavy atom. The molecule has 8 heteroatoms. The highest BCUT2D eigenvalue weighted by Crippen LogP contribution is 2.35. The van der Waals surface area contributed by atoms with E-state index in [2.05, 4.69) is 20.2 Å². The van der Waals surface area contributed by atoms with Crippen LogP contribution in [0.25, 0.3) is 22.6 Å². The Labute approximate surface area is 143 Å². The molecule has 126 valence electrons. The number of nitrogens with one attached hydrogen (secondary N) is 3. The first kappa shape index (κ1) is 15.6. The fraction of sp³-hybridized carbons (Fsp3) is 0.0588. The SMILES string of the molecule is CNS(=O)(=O)c1ccc2c(c1)C(=Cc1ccc3cn[nH]c3c1)C(=O)N2. The van der Waals surface area contributed by atoms with Gasteiger partial charge in [0.2, 0.25) is 10.0 Å². The van der Waals surface area contributed by atoms with E-state index in [0.717, 1.165) is 16.5 Å². The molecule has 1 aliphatic heterocycles. The van der Waals surface area contributed by atoms with Crippen molar-refractivity contribution in [1.29, 1.82) is 0 Å². The fourth-order valence-electron chi connectivity index (χ4n) is 2.81. The van der Waals surface area contributed by atoms with Crippen LogP contribution >= 0.6 is 0 Å². The molecule has 0 unspecified atom stereocenters. The Morgan fingerprint density at radius 3 is 2.80 bits per heavy atom. The summed E-state index contributed by atoms with van der Waals surface area (Å²) in [6, 6.07) is 10.2. The van der Waals surface area contributed by atoms with Crippen molar-refractivity contribution in [3.63, 3.8) is 0 Å². The smallest absolute Gasteiger partial charge is 0.256 e. The van der Waals surface area contributed by atoms with Crippen LogP contribution in [0.4, 0.5) is 5.69 Å². The van der Waals surface area contributed by atoms with Crippen LogP contribution < -0.4 is 10.0 Å². The summed E-state index contributed by atoms with van der Waals surface area (Å²) in [5.74, 6) is -0.265. The first-order chi connectivity index (χ1) is 12.0. The summed E-state index contributed by atoms with van der Waals surface area (Å²) in [5, 5.41) is 10.6. The van der Waals surface area contributed by atoms with Crippen molar-refractivity contribution >= 4 is 44.2 Å². The molecule has 0 spiro atoms. The third-order valence-electron chi connectivity index (χ3n) is 4.13. The highest BCUT2D eigenvalue weighted by Gasteiger charge is 2.26. The summed E-state index contributed by atoms with van der Waals surface area (Å²) in [6.45, 7) is 0. The Kier molecular flexibility index (Phi) is 3.45. The van der Waals surface area contributed by atoms with Crippen molar-refractivity contribution in [2.45, 2.75) is 4.90 Å². The maximum Gasteiger partial charge on any atom is 0.256 e. The predicted molar refractivity (Wildman–Crippen MR) is 95.3 cm³/mol. The summed E-state index contributed by atoms with van der Waals surface area (Å²) in [7, 11) is -2.23. The monoisotopic (exact) mass is 354 g/mol. The molecule has 0 aliphatic carbocycles. The van der Waals surface area contributed by atoms with Crippen molar-refractivity contribution in [2.24, 2.45) is 0 Å². The van der Waals surface area contributed by atoms with Crippen LogP contribution in [0.3, 0.4) is 0 Å². The molecule has 2 aromatic carbocycles. The van der Waals surface area contributed by atoms with Crippen LogP contribution in [-0.2, 0) is 14.8 Å². The van der Waals surface area contributed by atoms with Gasteiger partial charge in [-0.2, -0.15) is 5.10 Å². The van der Waals surface area contributed by atoms with Gasteiger partial charge in [0.1, 0.15) is 0 Å². The van der Waals surface area contributed by atoms with E-state index in [1.165, 1.54) is 19.2 Å². The molecule has 0 bridgehead atoms. The lowest BCUT2D eigenvalue weighted by molar-refractivity contribution is -0.110. The molecular weight excluding hydrogens is 340 g/mol. The van der Waals surface area contributed by atoms with Gasteiger partial charge in [-0.1, -0.05) is 12.1 Å². The molecule has 0 radical (unpaired) electrons. The Balaban J connectivity index is 1.84. The largest absolute Gasteiger partial charge is 0.321 e. The van der Waals surface area contributed by atoms with Crippen LogP contribution in [0.5, 0.6) is 0 Å². The van der Waals surface area contributed by atoms with E-state index in [1.807, 2.05) is 18.2 Å². The van der Waals surface area contributed by atoms with Gasteiger partial charge in [0.05, 0.1) is 16.6 Å². The number of hydrogen-bond donors (Lipinski definition) is 3. The standard InChI is InChI=1S/C17H14N4O3S/c1-18-25(23,24)12-4-5-15-13(8-12)14(17(22)20-15)6-10-2-3-11-9-19-21-16(11)7-10/h2-9,18H,1H3,(H,19,21)(H,20,22). The van der Waals surface area contributed by atoms with Gasteiger partial charge in [-0.3, -0.25) is 9.89 Å². The van der Waals surface area contributed by atoms with Crippen molar-refractivity contribution < 1.29 is 13.2 Å². The number of amides is 1. The normalized spacial score (nSPS) is 15.6. The highest BCUT2D eigenvalue weighted by atomic mass is 32.2. The van der Waals surface area contributed by atoms with Gasteiger partial charge in [-0.05, 0) is 43.0 Å². The van der Waals surface area contributed by atoms with Crippen molar-refractivity contribution in [2.75, 3.05) is 12.4 Å². The van der Waals surface area contributed by atoms with E-state index < -0.39 is 10.0 Å². The molecule has 2 heterocycles. The molecule has 25 heavy (non-hydrogen) atoms. The molecule has 1 aromatic heterocycles. The molecule has 3 aromatic rings. The van der Waals surface area contributed by atoms with Gasteiger partial charge in [0.25, 0.3) is 5.91 Å². The maximum absolute atomic E-state index is 12.3. The minimum Gasteiger partial charge on any atom is -0.321 e.